The van der Waals surface area contributed by atoms with Crippen molar-refractivity contribution in [3.8, 4) is 0 Å². The Morgan fingerprint density at radius 1 is 0.488 bits per heavy atom. The van der Waals surface area contributed by atoms with Gasteiger partial charge < -0.3 is 9.59 Å². The molecule has 2 nitrogen and oxygen atoms in total. The Labute approximate surface area is 224 Å². The molecule has 0 radical (unpaired) electrons. The Kier molecular flexibility index (Phi) is 12.4. The van der Waals surface area contributed by atoms with Crippen LogP contribution in [0.1, 0.15) is 58.3 Å². The van der Waals surface area contributed by atoms with E-state index < -0.39 is 64.8 Å². The number of nitrogens with zero attached hydrogens (tertiary/aromatic N) is 1. The highest BCUT2D eigenvalue weighted by molar-refractivity contribution is 5.15. The highest BCUT2D eigenvalue weighted by Gasteiger charge is 2.95. The van der Waals surface area contributed by atoms with Crippen LogP contribution in [-0.2, 0) is 0 Å². The van der Waals surface area contributed by atoms with Crippen LogP contribution in [0.3, 0.4) is 0 Å². The normalized spacial score (nSPS) is 16.3. The van der Waals surface area contributed by atoms with Gasteiger partial charge in [-0.3, -0.25) is 0 Å². The highest BCUT2D eigenvalue weighted by atomic mass is 19.4. The van der Waals surface area contributed by atoms with Crippen molar-refractivity contribution in [1.29, 1.82) is 0 Å². The summed E-state index contributed by atoms with van der Waals surface area (Å²) in [5.74, 6) is -57.2. The molecular weight excluding hydrogens is 617 g/mol. The molecule has 1 N–H and O–H groups in total. The van der Waals surface area contributed by atoms with E-state index in [2.05, 4.69) is 0 Å². The number of unbranched alkanes of at least 4 members (excludes halogenated alkanes) is 7. The molecule has 0 saturated heterocycles. The zero-order valence-electron chi connectivity index (χ0n) is 22.0. The minimum Gasteiger partial charge on any atom is -0.381 e. The maximum Gasteiger partial charge on any atom is 0.460 e. The van der Waals surface area contributed by atoms with E-state index in [0.717, 1.165) is 46.2 Å². The summed E-state index contributed by atoms with van der Waals surface area (Å²) in [4.78, 5) is 0. The van der Waals surface area contributed by atoms with Gasteiger partial charge in [-0.25, -0.2) is 0 Å². The number of aliphatic hydroxyl groups excluding tert-OH is 1. The summed E-state index contributed by atoms with van der Waals surface area (Å²) in [6, 6.07) is 0. The number of aliphatic hydroxyl groups is 1. The van der Waals surface area contributed by atoms with Crippen molar-refractivity contribution in [2.75, 3.05) is 27.2 Å². The summed E-state index contributed by atoms with van der Waals surface area (Å²) in [6.45, 7) is 0.185. The van der Waals surface area contributed by atoms with E-state index in [-0.39, 0.29) is 13.0 Å². The first kappa shape index (κ1) is 39.7. The third-order valence-electron chi connectivity index (χ3n) is 6.45. The third-order valence-corrected chi connectivity index (χ3v) is 6.45. The number of halogens is 17. The molecule has 1 atom stereocenters. The topological polar surface area (TPSA) is 20.2 Å². The standard InChI is InChI=1S/C22H31F17NO/c1-4-5-6-7-8-9-10-11-12-40(2,3)13-14(41)15(23,24)16(25,26)17(27,28)18(29,30)19(31,32)20(33,34)21(35,36)22(37,38)39/h14,41H,4-13H2,1-3H3/q+1. The minimum atomic E-state index is -8.68. The van der Waals surface area contributed by atoms with Gasteiger partial charge in [0.05, 0.1) is 20.6 Å². The summed E-state index contributed by atoms with van der Waals surface area (Å²) in [5, 5.41) is 9.57. The lowest BCUT2D eigenvalue weighted by Gasteiger charge is -2.44. The Balaban J connectivity index is 5.95. The molecule has 248 valence electrons. The van der Waals surface area contributed by atoms with Gasteiger partial charge in [0.15, 0.2) is 6.10 Å². The number of rotatable bonds is 18. The van der Waals surface area contributed by atoms with Gasteiger partial charge in [-0.1, -0.05) is 45.4 Å². The Morgan fingerprint density at radius 2 is 0.805 bits per heavy atom. The Bertz CT molecular complexity index is 823. The molecule has 19 heteroatoms. The largest absolute Gasteiger partial charge is 0.460 e. The molecule has 0 fully saturated rings. The first-order valence-electron chi connectivity index (χ1n) is 12.2. The van der Waals surface area contributed by atoms with Gasteiger partial charge in [-0.05, 0) is 12.8 Å². The quantitative estimate of drug-likeness (QED) is 0.0898. The summed E-state index contributed by atoms with van der Waals surface area (Å²) in [6.07, 6.45) is -5.94. The molecule has 0 aromatic rings. The summed E-state index contributed by atoms with van der Waals surface area (Å²) < 4.78 is 227. The lowest BCUT2D eigenvalue weighted by atomic mass is 9.87. The zero-order chi connectivity index (χ0) is 33.1. The Morgan fingerprint density at radius 3 is 1.17 bits per heavy atom. The van der Waals surface area contributed by atoms with E-state index in [4.69, 9.17) is 0 Å². The SMILES string of the molecule is CCCCCCCCCC[N+](C)(C)CC(O)C(F)(F)C(F)(F)C(F)(F)C(F)(F)C(F)(F)C(F)(F)C(F)(F)C(F)(F)F. The smallest absolute Gasteiger partial charge is 0.381 e. The second-order valence-corrected chi connectivity index (χ2v) is 10.4. The van der Waals surface area contributed by atoms with Gasteiger partial charge in [0, 0.05) is 0 Å². The average molecular weight is 648 g/mol. The van der Waals surface area contributed by atoms with Crippen molar-refractivity contribution in [3.63, 3.8) is 0 Å². The fourth-order valence-electron chi connectivity index (χ4n) is 3.73. The molecule has 0 aliphatic heterocycles. The summed E-state index contributed by atoms with van der Waals surface area (Å²) in [7, 11) is 2.00. The molecule has 0 aromatic carbocycles. The number of alkyl halides is 17. The summed E-state index contributed by atoms with van der Waals surface area (Å²) in [5.41, 5.74) is 0. The first-order valence-corrected chi connectivity index (χ1v) is 12.2. The van der Waals surface area contributed by atoms with E-state index in [0.29, 0.717) is 12.8 Å². The molecule has 0 aliphatic carbocycles. The molecule has 0 saturated carbocycles. The van der Waals surface area contributed by atoms with E-state index in [9.17, 15) is 79.7 Å². The van der Waals surface area contributed by atoms with Crippen LogP contribution >= 0.6 is 0 Å². The lowest BCUT2D eigenvalue weighted by Crippen LogP contribution is -2.75. The molecule has 0 spiro atoms. The second-order valence-electron chi connectivity index (χ2n) is 10.4. The number of hydrogen-bond acceptors (Lipinski definition) is 1. The van der Waals surface area contributed by atoms with Crippen molar-refractivity contribution < 1.29 is 84.2 Å². The van der Waals surface area contributed by atoms with Crippen LogP contribution in [0.25, 0.3) is 0 Å². The fraction of sp³-hybridized carbons (Fsp3) is 1.00. The fourth-order valence-corrected chi connectivity index (χ4v) is 3.73. The van der Waals surface area contributed by atoms with Crippen LogP contribution < -0.4 is 0 Å². The molecule has 1 unspecified atom stereocenters. The van der Waals surface area contributed by atoms with E-state index in [1.807, 2.05) is 6.92 Å². The maximum atomic E-state index is 14.3. The minimum absolute atomic E-state index is 0.183. The molecule has 0 aliphatic rings. The molecule has 0 heterocycles. The van der Waals surface area contributed by atoms with E-state index >= 15 is 0 Å². The van der Waals surface area contributed by atoms with Crippen molar-refractivity contribution in [1.82, 2.24) is 0 Å². The maximum absolute atomic E-state index is 14.3. The van der Waals surface area contributed by atoms with Crippen LogP contribution in [0.4, 0.5) is 74.6 Å². The van der Waals surface area contributed by atoms with Gasteiger partial charge in [-0.2, -0.15) is 74.6 Å². The number of quaternary nitrogens is 1. The van der Waals surface area contributed by atoms with Crippen LogP contribution in [-0.4, -0.2) is 90.5 Å². The van der Waals surface area contributed by atoms with Gasteiger partial charge in [0.25, 0.3) is 0 Å². The molecule has 0 amide bonds. The van der Waals surface area contributed by atoms with Gasteiger partial charge in [0.2, 0.25) is 0 Å². The predicted octanol–water partition coefficient (Wildman–Crippen LogP) is 8.57. The predicted molar refractivity (Wildman–Crippen MR) is 111 cm³/mol. The van der Waals surface area contributed by atoms with E-state index in [1.165, 1.54) is 0 Å². The number of hydrogen-bond donors (Lipinski definition) is 1. The molecular formula is C22H31F17NO+. The van der Waals surface area contributed by atoms with Crippen LogP contribution in [0.5, 0.6) is 0 Å². The van der Waals surface area contributed by atoms with E-state index in [1.54, 1.807) is 0 Å². The van der Waals surface area contributed by atoms with Crippen LogP contribution in [0.2, 0.25) is 0 Å². The van der Waals surface area contributed by atoms with Crippen LogP contribution in [0, 0.1) is 0 Å². The molecule has 0 rings (SSSR count). The molecule has 41 heavy (non-hydrogen) atoms. The van der Waals surface area contributed by atoms with Crippen molar-refractivity contribution in [2.24, 2.45) is 0 Å². The highest BCUT2D eigenvalue weighted by Crippen LogP contribution is 2.64. The summed E-state index contributed by atoms with van der Waals surface area (Å²) >= 11 is 0. The zero-order valence-corrected chi connectivity index (χ0v) is 22.0. The Hall–Kier alpha value is -1.27. The van der Waals surface area contributed by atoms with Crippen LogP contribution in [0.15, 0.2) is 0 Å². The molecule has 0 bridgehead atoms. The first-order chi connectivity index (χ1) is 17.9. The average Bonchev–Trinajstić information content (AvgIpc) is 2.78. The van der Waals surface area contributed by atoms with Crippen molar-refractivity contribution in [3.05, 3.63) is 0 Å². The lowest BCUT2D eigenvalue weighted by molar-refractivity contribution is -0.895. The van der Waals surface area contributed by atoms with Gasteiger partial charge in [0.1, 0.15) is 6.54 Å². The molecule has 0 aromatic heterocycles. The van der Waals surface area contributed by atoms with Crippen molar-refractivity contribution >= 4 is 0 Å². The van der Waals surface area contributed by atoms with Gasteiger partial charge >= 0.3 is 47.6 Å². The third kappa shape index (κ3) is 7.45. The monoisotopic (exact) mass is 648 g/mol. The van der Waals surface area contributed by atoms with Crippen molar-refractivity contribution in [2.45, 2.75) is 112 Å². The number of likely N-dealkylation sites (N-methyl/N-ethyl adjacent to an activating group) is 1. The second kappa shape index (κ2) is 12.8. The van der Waals surface area contributed by atoms with Gasteiger partial charge in [-0.15, -0.1) is 0 Å².